The van der Waals surface area contributed by atoms with Gasteiger partial charge in [0, 0.05) is 0 Å². The molecule has 16 heteroatoms. The summed E-state index contributed by atoms with van der Waals surface area (Å²) >= 11 is 0. The standard InChI is InChI=1S/C14H18BNO6.C12H13BO7/c1-3-20-13(18)6-11-14-8(2)4-9(21-7-12(16)17)5-10(14)15(19)22-11;1-6-2-7(19-5-11(16)17)3-8-12(6)9(4-10(14)15)20-13(8)18/h4-5,11,19H,3,6-7H2,1-2H3,(H2,16,17);2-3,9,18H,4-5H2,1H3,(H,14,15)(H,16,17). The van der Waals surface area contributed by atoms with E-state index in [-0.39, 0.29) is 25.4 Å². The molecule has 14 nitrogen and oxygen atoms in total. The van der Waals surface area contributed by atoms with E-state index in [1.165, 1.54) is 6.07 Å². The van der Waals surface area contributed by atoms with Gasteiger partial charge in [-0.15, -0.1) is 0 Å². The van der Waals surface area contributed by atoms with Gasteiger partial charge in [0.25, 0.3) is 5.91 Å². The van der Waals surface area contributed by atoms with Crippen LogP contribution in [0.1, 0.15) is 54.2 Å². The fourth-order valence-corrected chi connectivity index (χ4v) is 4.76. The third kappa shape index (κ3) is 8.22. The zero-order valence-electron chi connectivity index (χ0n) is 23.2. The molecule has 4 rings (SSSR count). The molecule has 0 aromatic heterocycles. The summed E-state index contributed by atoms with van der Waals surface area (Å²) in [6.45, 7) is 4.82. The molecule has 0 spiro atoms. The number of primary amides is 1. The van der Waals surface area contributed by atoms with Gasteiger partial charge in [0.2, 0.25) is 0 Å². The van der Waals surface area contributed by atoms with Crippen molar-refractivity contribution in [1.29, 1.82) is 0 Å². The van der Waals surface area contributed by atoms with Crippen molar-refractivity contribution in [3.63, 3.8) is 0 Å². The maximum absolute atomic E-state index is 11.6. The number of aryl methyl sites for hydroxylation is 2. The van der Waals surface area contributed by atoms with E-state index in [0.29, 0.717) is 40.2 Å². The summed E-state index contributed by atoms with van der Waals surface area (Å²) in [5.41, 5.74) is 8.81. The highest BCUT2D eigenvalue weighted by Crippen LogP contribution is 2.33. The van der Waals surface area contributed by atoms with E-state index in [1.54, 1.807) is 32.0 Å². The van der Waals surface area contributed by atoms with E-state index >= 15 is 0 Å². The van der Waals surface area contributed by atoms with Crippen molar-refractivity contribution in [3.8, 4) is 11.5 Å². The van der Waals surface area contributed by atoms with E-state index in [0.717, 1.165) is 11.1 Å². The van der Waals surface area contributed by atoms with Gasteiger partial charge in [-0.05, 0) is 78.2 Å². The predicted octanol–water partition coefficient (Wildman–Crippen LogP) is -0.737. The minimum absolute atomic E-state index is 0.0280. The molecule has 42 heavy (non-hydrogen) atoms. The molecule has 0 radical (unpaired) electrons. The van der Waals surface area contributed by atoms with Crippen LogP contribution in [0.5, 0.6) is 11.5 Å². The number of fused-ring (bicyclic) bond motifs is 2. The molecule has 0 aliphatic carbocycles. The van der Waals surface area contributed by atoms with Gasteiger partial charge in [-0.25, -0.2) is 4.79 Å². The number of carboxylic acids is 2. The van der Waals surface area contributed by atoms with Crippen LogP contribution in [0.15, 0.2) is 24.3 Å². The maximum Gasteiger partial charge on any atom is 0.492 e. The Morgan fingerprint density at radius 2 is 1.29 bits per heavy atom. The summed E-state index contributed by atoms with van der Waals surface area (Å²) in [5.74, 6) is -2.41. The number of ether oxygens (including phenoxy) is 3. The molecule has 0 bridgehead atoms. The molecule has 0 saturated carbocycles. The summed E-state index contributed by atoms with van der Waals surface area (Å²) < 4.78 is 25.8. The third-order valence-corrected chi connectivity index (χ3v) is 6.31. The van der Waals surface area contributed by atoms with Crippen LogP contribution in [0.3, 0.4) is 0 Å². The molecule has 0 saturated heterocycles. The number of aliphatic carboxylic acids is 2. The van der Waals surface area contributed by atoms with E-state index in [9.17, 15) is 29.2 Å². The fourth-order valence-electron chi connectivity index (χ4n) is 4.76. The summed E-state index contributed by atoms with van der Waals surface area (Å²) in [6.07, 6.45) is -1.50. The first-order chi connectivity index (χ1) is 19.8. The summed E-state index contributed by atoms with van der Waals surface area (Å²) in [6, 6.07) is 6.36. The highest BCUT2D eigenvalue weighted by Gasteiger charge is 2.39. The number of amides is 1. The number of carboxylic acid groups (broad SMARTS) is 2. The molecular weight excluding hydrogens is 556 g/mol. The molecule has 6 N–H and O–H groups in total. The van der Waals surface area contributed by atoms with Crippen molar-refractivity contribution in [1.82, 2.24) is 0 Å². The SMILES string of the molecule is CCOC(=O)CC1OB(O)c2cc(OCC(N)=O)cc(C)c21.Cc1cc(OCC(=O)O)cc2c1C(CC(=O)O)OB2O. The minimum Gasteiger partial charge on any atom is -0.484 e. The zero-order valence-corrected chi connectivity index (χ0v) is 23.2. The van der Waals surface area contributed by atoms with Crippen molar-refractivity contribution in [2.75, 3.05) is 19.8 Å². The topological polar surface area (TPSA) is 221 Å². The average Bonchev–Trinajstić information content (AvgIpc) is 3.37. The lowest BCUT2D eigenvalue weighted by molar-refractivity contribution is -0.145. The van der Waals surface area contributed by atoms with Crippen LogP contribution in [0.2, 0.25) is 0 Å². The highest BCUT2D eigenvalue weighted by molar-refractivity contribution is 6.62. The van der Waals surface area contributed by atoms with Gasteiger partial charge in [0.15, 0.2) is 13.2 Å². The van der Waals surface area contributed by atoms with Gasteiger partial charge < -0.3 is 49.5 Å². The van der Waals surface area contributed by atoms with Crippen molar-refractivity contribution in [2.45, 2.75) is 45.8 Å². The molecular formula is C26H31B2NO13. The Morgan fingerprint density at radius 1 is 0.810 bits per heavy atom. The van der Waals surface area contributed by atoms with Crippen molar-refractivity contribution < 1.29 is 63.0 Å². The van der Waals surface area contributed by atoms with Gasteiger partial charge in [-0.2, -0.15) is 0 Å². The first-order valence-electron chi connectivity index (χ1n) is 12.9. The largest absolute Gasteiger partial charge is 0.492 e. The smallest absolute Gasteiger partial charge is 0.484 e. The molecule has 2 aliphatic rings. The summed E-state index contributed by atoms with van der Waals surface area (Å²) in [4.78, 5) is 43.6. The maximum atomic E-state index is 11.6. The Balaban J connectivity index is 0.000000231. The fraction of sp³-hybridized carbons (Fsp3) is 0.385. The average molecular weight is 587 g/mol. The van der Waals surface area contributed by atoms with Crippen molar-refractivity contribution >= 4 is 49.0 Å². The number of hydrogen-bond donors (Lipinski definition) is 5. The van der Waals surface area contributed by atoms with Crippen LogP contribution in [0.4, 0.5) is 0 Å². The first kappa shape index (κ1) is 32.4. The number of carbonyl (C=O) groups excluding carboxylic acids is 2. The predicted molar refractivity (Wildman–Crippen MR) is 147 cm³/mol. The first-order valence-corrected chi connectivity index (χ1v) is 12.9. The van der Waals surface area contributed by atoms with E-state index in [2.05, 4.69) is 0 Å². The molecule has 1 amide bonds. The van der Waals surface area contributed by atoms with Gasteiger partial charge in [0.1, 0.15) is 11.5 Å². The number of carbonyl (C=O) groups is 4. The van der Waals surface area contributed by atoms with Crippen LogP contribution < -0.4 is 26.1 Å². The lowest BCUT2D eigenvalue weighted by Gasteiger charge is -2.14. The highest BCUT2D eigenvalue weighted by atomic mass is 16.6. The second-order valence-electron chi connectivity index (χ2n) is 9.48. The molecule has 2 aromatic rings. The number of esters is 1. The Bertz CT molecular complexity index is 1350. The second kappa shape index (κ2) is 14.2. The minimum atomic E-state index is -1.23. The molecule has 2 unspecified atom stereocenters. The Labute approximate surface area is 241 Å². The summed E-state index contributed by atoms with van der Waals surface area (Å²) in [5, 5.41) is 37.2. The van der Waals surface area contributed by atoms with E-state index in [4.69, 9.17) is 39.5 Å². The lowest BCUT2D eigenvalue weighted by Crippen LogP contribution is -2.29. The molecule has 2 aliphatic heterocycles. The van der Waals surface area contributed by atoms with Crippen molar-refractivity contribution in [3.05, 3.63) is 46.5 Å². The molecule has 2 atom stereocenters. The van der Waals surface area contributed by atoms with Crippen LogP contribution >= 0.6 is 0 Å². The van der Waals surface area contributed by atoms with Crippen LogP contribution in [-0.2, 0) is 33.2 Å². The Morgan fingerprint density at radius 3 is 1.71 bits per heavy atom. The normalized spacial score (nSPS) is 16.6. The van der Waals surface area contributed by atoms with Gasteiger partial charge in [0.05, 0.1) is 31.7 Å². The van der Waals surface area contributed by atoms with Gasteiger partial charge in [-0.3, -0.25) is 14.4 Å². The summed E-state index contributed by atoms with van der Waals surface area (Å²) in [7, 11) is -2.38. The van der Waals surface area contributed by atoms with Gasteiger partial charge in [-0.1, -0.05) is 0 Å². The lowest BCUT2D eigenvalue weighted by atomic mass is 9.77. The van der Waals surface area contributed by atoms with E-state index < -0.39 is 50.9 Å². The van der Waals surface area contributed by atoms with E-state index in [1.807, 2.05) is 6.92 Å². The van der Waals surface area contributed by atoms with Crippen molar-refractivity contribution in [2.24, 2.45) is 5.73 Å². The molecule has 2 aromatic carbocycles. The van der Waals surface area contributed by atoms with Crippen LogP contribution in [-0.4, -0.2) is 78.1 Å². The number of hydrogen-bond acceptors (Lipinski definition) is 11. The number of benzene rings is 2. The monoisotopic (exact) mass is 587 g/mol. The van der Waals surface area contributed by atoms with Crippen LogP contribution in [0.25, 0.3) is 0 Å². The number of nitrogens with two attached hydrogens (primary N) is 1. The molecule has 2 heterocycles. The van der Waals surface area contributed by atoms with Crippen LogP contribution in [0, 0.1) is 13.8 Å². The zero-order chi connectivity index (χ0) is 31.1. The molecule has 224 valence electrons. The second-order valence-corrected chi connectivity index (χ2v) is 9.48. The number of rotatable bonds is 11. The Kier molecular flexibility index (Phi) is 10.9. The quantitative estimate of drug-likeness (QED) is 0.162. The Hall–Kier alpha value is -4.11. The third-order valence-electron chi connectivity index (χ3n) is 6.31. The van der Waals surface area contributed by atoms with Gasteiger partial charge >= 0.3 is 32.1 Å². The molecule has 0 fully saturated rings.